The van der Waals surface area contributed by atoms with E-state index in [2.05, 4.69) is 5.32 Å². The lowest BCUT2D eigenvalue weighted by molar-refractivity contribution is -0.385. The van der Waals surface area contributed by atoms with Crippen LogP contribution in [0.15, 0.2) is 30.3 Å². The summed E-state index contributed by atoms with van der Waals surface area (Å²) >= 11 is 0. The highest BCUT2D eigenvalue weighted by Crippen LogP contribution is 2.25. The molecule has 2 aromatic rings. The largest absolute Gasteiger partial charge is 0.376 e. The van der Waals surface area contributed by atoms with E-state index in [4.69, 9.17) is 0 Å². The van der Waals surface area contributed by atoms with Gasteiger partial charge in [-0.2, -0.15) is 0 Å². The minimum absolute atomic E-state index is 0.0144. The molecule has 0 saturated carbocycles. The van der Waals surface area contributed by atoms with Crippen molar-refractivity contribution in [3.05, 3.63) is 68.8 Å². The number of nitrogens with one attached hydrogen (secondary N) is 1. The van der Waals surface area contributed by atoms with Crippen LogP contribution >= 0.6 is 0 Å². The molecule has 1 N–H and O–H groups in total. The zero-order chi connectivity index (χ0) is 15.6. The van der Waals surface area contributed by atoms with Crippen LogP contribution in [0.3, 0.4) is 0 Å². The van der Waals surface area contributed by atoms with Gasteiger partial charge >= 0.3 is 0 Å². The van der Waals surface area contributed by atoms with E-state index in [-0.39, 0.29) is 17.9 Å². The molecule has 110 valence electrons. The number of aryl methyl sites for hydroxylation is 1. The highest BCUT2D eigenvalue weighted by molar-refractivity contribution is 5.51. The zero-order valence-electron chi connectivity index (χ0n) is 11.6. The molecule has 6 heteroatoms. The van der Waals surface area contributed by atoms with Crippen LogP contribution in [0.1, 0.15) is 16.7 Å². The molecule has 0 aliphatic heterocycles. The number of nitro benzene ring substituents is 1. The monoisotopic (exact) mass is 292 g/mol. The number of benzene rings is 2. The smallest absolute Gasteiger partial charge is 0.272 e. The van der Waals surface area contributed by atoms with Crippen molar-refractivity contribution in [2.24, 2.45) is 0 Å². The Labute approximate surface area is 120 Å². The van der Waals surface area contributed by atoms with Crippen LogP contribution in [0, 0.1) is 35.6 Å². The van der Waals surface area contributed by atoms with Gasteiger partial charge in [-0.05, 0) is 31.0 Å². The number of nitro groups is 1. The number of nitrogens with zero attached hydrogens (tertiary/aromatic N) is 1. The first-order valence-electron chi connectivity index (χ1n) is 6.33. The summed E-state index contributed by atoms with van der Waals surface area (Å²) in [6.07, 6.45) is 0. The Kier molecular flexibility index (Phi) is 4.16. The summed E-state index contributed by atoms with van der Waals surface area (Å²) in [6.45, 7) is 3.25. The summed E-state index contributed by atoms with van der Waals surface area (Å²) < 4.78 is 27.5. The maximum absolute atomic E-state index is 13.9. The predicted octanol–water partition coefficient (Wildman–Crippen LogP) is 4.10. The molecule has 0 radical (unpaired) electrons. The van der Waals surface area contributed by atoms with Crippen molar-refractivity contribution in [2.75, 3.05) is 5.32 Å². The number of anilines is 1. The minimum atomic E-state index is -0.693. The van der Waals surface area contributed by atoms with Crippen LogP contribution in [-0.4, -0.2) is 4.92 Å². The Hall–Kier alpha value is -2.50. The first-order chi connectivity index (χ1) is 9.91. The minimum Gasteiger partial charge on any atom is -0.376 e. The van der Waals surface area contributed by atoms with Crippen molar-refractivity contribution in [3.8, 4) is 0 Å². The fraction of sp³-hybridized carbons (Fsp3) is 0.200. The Morgan fingerprint density at radius 1 is 1.19 bits per heavy atom. The molecule has 2 rings (SSSR count). The quantitative estimate of drug-likeness (QED) is 0.681. The van der Waals surface area contributed by atoms with Crippen LogP contribution in [0.5, 0.6) is 0 Å². The van der Waals surface area contributed by atoms with Gasteiger partial charge < -0.3 is 5.32 Å². The van der Waals surface area contributed by atoms with Gasteiger partial charge in [0.25, 0.3) is 5.69 Å². The summed E-state index contributed by atoms with van der Waals surface area (Å²) in [7, 11) is 0. The Balaban J connectivity index is 2.27. The summed E-state index contributed by atoms with van der Waals surface area (Å²) in [6, 6.07) is 7.16. The molecular weight excluding hydrogens is 278 g/mol. The van der Waals surface area contributed by atoms with Gasteiger partial charge in [0.2, 0.25) is 0 Å². The highest BCUT2D eigenvalue weighted by Gasteiger charge is 2.15. The van der Waals surface area contributed by atoms with Crippen molar-refractivity contribution >= 4 is 11.4 Å². The Morgan fingerprint density at radius 2 is 1.90 bits per heavy atom. The molecule has 0 bridgehead atoms. The Bertz CT molecular complexity index is 702. The SMILES string of the molecule is Cc1ccc(F)c(NCc2cccc([N+](=O)[O-])c2C)c1F. The van der Waals surface area contributed by atoms with Crippen molar-refractivity contribution in [2.45, 2.75) is 20.4 Å². The maximum atomic E-state index is 13.9. The van der Waals surface area contributed by atoms with Crippen LogP contribution in [0.25, 0.3) is 0 Å². The van der Waals surface area contributed by atoms with Crippen molar-refractivity contribution in [3.63, 3.8) is 0 Å². The predicted molar refractivity (Wildman–Crippen MR) is 76.3 cm³/mol. The molecule has 0 aliphatic rings. The molecule has 0 atom stereocenters. The molecular formula is C15H14F2N2O2. The molecule has 2 aromatic carbocycles. The molecule has 0 unspecified atom stereocenters. The molecule has 0 amide bonds. The summed E-state index contributed by atoms with van der Waals surface area (Å²) in [5.74, 6) is -1.35. The third-order valence-electron chi connectivity index (χ3n) is 3.35. The van der Waals surface area contributed by atoms with Crippen molar-refractivity contribution in [1.29, 1.82) is 0 Å². The molecule has 0 aliphatic carbocycles. The number of hydrogen-bond acceptors (Lipinski definition) is 3. The van der Waals surface area contributed by atoms with E-state index in [1.165, 1.54) is 18.2 Å². The Morgan fingerprint density at radius 3 is 2.57 bits per heavy atom. The average Bonchev–Trinajstić information content (AvgIpc) is 2.44. The number of halogens is 2. The topological polar surface area (TPSA) is 55.2 Å². The first kappa shape index (κ1) is 14.9. The van der Waals surface area contributed by atoms with E-state index >= 15 is 0 Å². The molecule has 0 aromatic heterocycles. The van der Waals surface area contributed by atoms with Gasteiger partial charge in [0.1, 0.15) is 11.5 Å². The maximum Gasteiger partial charge on any atom is 0.272 e. The summed E-state index contributed by atoms with van der Waals surface area (Å²) in [5.41, 5.74) is 1.18. The molecule has 0 spiro atoms. The lowest BCUT2D eigenvalue weighted by Crippen LogP contribution is -2.07. The van der Waals surface area contributed by atoms with E-state index in [1.807, 2.05) is 0 Å². The summed E-state index contributed by atoms with van der Waals surface area (Å²) in [5, 5.41) is 13.5. The van der Waals surface area contributed by atoms with Gasteiger partial charge in [-0.15, -0.1) is 0 Å². The second-order valence-electron chi connectivity index (χ2n) is 4.73. The van der Waals surface area contributed by atoms with E-state index < -0.39 is 16.6 Å². The van der Waals surface area contributed by atoms with Gasteiger partial charge in [0.15, 0.2) is 5.82 Å². The third kappa shape index (κ3) is 2.99. The molecule has 0 heterocycles. The lowest BCUT2D eigenvalue weighted by Gasteiger charge is -2.12. The van der Waals surface area contributed by atoms with E-state index in [0.717, 1.165) is 0 Å². The van der Waals surface area contributed by atoms with E-state index in [0.29, 0.717) is 16.7 Å². The summed E-state index contributed by atoms with van der Waals surface area (Å²) in [4.78, 5) is 10.4. The molecule has 4 nitrogen and oxygen atoms in total. The van der Waals surface area contributed by atoms with Gasteiger partial charge in [0.05, 0.1) is 4.92 Å². The lowest BCUT2D eigenvalue weighted by atomic mass is 10.1. The van der Waals surface area contributed by atoms with Crippen LogP contribution in [0.2, 0.25) is 0 Å². The van der Waals surface area contributed by atoms with Gasteiger partial charge in [-0.3, -0.25) is 10.1 Å². The number of rotatable bonds is 4. The fourth-order valence-corrected chi connectivity index (χ4v) is 2.06. The number of hydrogen-bond donors (Lipinski definition) is 1. The van der Waals surface area contributed by atoms with Crippen LogP contribution < -0.4 is 5.32 Å². The van der Waals surface area contributed by atoms with Crippen molar-refractivity contribution in [1.82, 2.24) is 0 Å². The molecule has 0 fully saturated rings. The van der Waals surface area contributed by atoms with Crippen LogP contribution in [0.4, 0.5) is 20.2 Å². The standard InChI is InChI=1S/C15H14F2N2O2/c1-9-6-7-12(16)15(14(9)17)18-8-11-4-3-5-13(10(11)2)19(20)21/h3-7,18H,8H2,1-2H3. The first-order valence-corrected chi connectivity index (χ1v) is 6.33. The van der Waals surface area contributed by atoms with Crippen molar-refractivity contribution < 1.29 is 13.7 Å². The van der Waals surface area contributed by atoms with E-state index in [9.17, 15) is 18.9 Å². The van der Waals surface area contributed by atoms with Crippen LogP contribution in [-0.2, 0) is 6.54 Å². The second-order valence-corrected chi connectivity index (χ2v) is 4.73. The molecule has 0 saturated heterocycles. The fourth-order valence-electron chi connectivity index (χ4n) is 2.06. The van der Waals surface area contributed by atoms with Gasteiger partial charge in [-0.25, -0.2) is 8.78 Å². The van der Waals surface area contributed by atoms with Gasteiger partial charge in [0, 0.05) is 18.2 Å². The average molecular weight is 292 g/mol. The second kappa shape index (κ2) is 5.87. The normalized spacial score (nSPS) is 10.5. The van der Waals surface area contributed by atoms with Gasteiger partial charge in [-0.1, -0.05) is 18.2 Å². The third-order valence-corrected chi connectivity index (χ3v) is 3.35. The zero-order valence-corrected chi connectivity index (χ0v) is 11.6. The molecule has 21 heavy (non-hydrogen) atoms. The highest BCUT2D eigenvalue weighted by atomic mass is 19.1. The van der Waals surface area contributed by atoms with E-state index in [1.54, 1.807) is 26.0 Å².